The van der Waals surface area contributed by atoms with Crippen molar-refractivity contribution in [1.29, 1.82) is 0 Å². The van der Waals surface area contributed by atoms with Crippen molar-refractivity contribution in [3.05, 3.63) is 58.6 Å². The Bertz CT molecular complexity index is 1170. The van der Waals surface area contributed by atoms with Crippen LogP contribution in [0.4, 0.5) is 13.2 Å². The summed E-state index contributed by atoms with van der Waals surface area (Å²) < 4.78 is 81.1. The van der Waals surface area contributed by atoms with Crippen LogP contribution >= 0.6 is 11.6 Å². The highest BCUT2D eigenvalue weighted by molar-refractivity contribution is 7.90. The van der Waals surface area contributed by atoms with Crippen molar-refractivity contribution in [2.45, 2.75) is 32.4 Å². The van der Waals surface area contributed by atoms with E-state index >= 15 is 0 Å². The number of benzene rings is 2. The number of hydrogen-bond donors (Lipinski definition) is 1. The summed E-state index contributed by atoms with van der Waals surface area (Å²) in [6.07, 6.45) is -0.269. The van der Waals surface area contributed by atoms with Crippen LogP contribution in [-0.2, 0) is 25.7 Å². The van der Waals surface area contributed by atoms with E-state index in [1.54, 1.807) is 6.07 Å². The molecule has 12 heteroatoms. The van der Waals surface area contributed by atoms with E-state index in [-0.39, 0.29) is 28.9 Å². The second-order valence-corrected chi connectivity index (χ2v) is 9.86. The highest BCUT2D eigenvalue weighted by atomic mass is 35.5. The van der Waals surface area contributed by atoms with E-state index in [4.69, 9.17) is 25.8 Å². The van der Waals surface area contributed by atoms with E-state index < -0.39 is 27.7 Å². The van der Waals surface area contributed by atoms with Gasteiger partial charge in [-0.15, -0.1) is 0 Å². The molecule has 0 aliphatic rings. The molecular weight excluding hydrogens is 523 g/mol. The average molecular weight is 550 g/mol. The predicted molar refractivity (Wildman–Crippen MR) is 131 cm³/mol. The predicted octanol–water partition coefficient (Wildman–Crippen LogP) is 5.83. The molecular formula is C24H27ClF3NO6S. The zero-order chi connectivity index (χ0) is 26.8. The summed E-state index contributed by atoms with van der Waals surface area (Å²) in [5, 5.41) is -0.277. The average Bonchev–Trinajstić information content (AvgIpc) is 2.79. The first kappa shape index (κ1) is 29.5. The molecule has 0 aromatic heterocycles. The first-order chi connectivity index (χ1) is 16.9. The molecule has 0 aliphatic heterocycles. The molecule has 0 heterocycles. The van der Waals surface area contributed by atoms with Crippen LogP contribution in [0.25, 0.3) is 6.08 Å². The summed E-state index contributed by atoms with van der Waals surface area (Å²) >= 11 is 6.01. The summed E-state index contributed by atoms with van der Waals surface area (Å²) in [6.45, 7) is 2.47. The number of sulfonamides is 1. The topological polar surface area (TPSA) is 90.9 Å². The maximum Gasteiger partial charge on any atom is 0.416 e. The van der Waals surface area contributed by atoms with Gasteiger partial charge in [0.1, 0.15) is 23.9 Å². The van der Waals surface area contributed by atoms with E-state index in [1.807, 2.05) is 11.6 Å². The summed E-state index contributed by atoms with van der Waals surface area (Å²) in [6, 6.07) is 7.22. The Morgan fingerprint density at radius 1 is 1.08 bits per heavy atom. The van der Waals surface area contributed by atoms with Crippen LogP contribution in [0.1, 0.15) is 37.3 Å². The highest BCUT2D eigenvalue weighted by Gasteiger charge is 2.31. The molecule has 36 heavy (non-hydrogen) atoms. The third-order valence-corrected chi connectivity index (χ3v) is 6.34. The Balaban J connectivity index is 2.28. The lowest BCUT2D eigenvalue weighted by atomic mass is 10.1. The van der Waals surface area contributed by atoms with E-state index in [1.165, 1.54) is 25.3 Å². The Morgan fingerprint density at radius 2 is 1.83 bits per heavy atom. The maximum absolute atomic E-state index is 13.0. The van der Waals surface area contributed by atoms with Crippen LogP contribution in [0.5, 0.6) is 17.2 Å². The van der Waals surface area contributed by atoms with Gasteiger partial charge in [0, 0.05) is 24.8 Å². The monoisotopic (exact) mass is 549 g/mol. The number of carbonyl (C=O) groups excluding carboxylic acids is 1. The zero-order valence-electron chi connectivity index (χ0n) is 19.7. The molecule has 0 atom stereocenters. The van der Waals surface area contributed by atoms with Crippen molar-refractivity contribution in [3.8, 4) is 17.2 Å². The van der Waals surface area contributed by atoms with Crippen LogP contribution in [0.15, 0.2) is 42.5 Å². The van der Waals surface area contributed by atoms with Crippen molar-refractivity contribution in [1.82, 2.24) is 4.72 Å². The van der Waals surface area contributed by atoms with Crippen LogP contribution in [0, 0.1) is 0 Å². The number of nitrogens with one attached hydrogen (secondary N) is 1. The van der Waals surface area contributed by atoms with Crippen molar-refractivity contribution in [2.75, 3.05) is 26.1 Å². The SMILES string of the molecule is CCCCCS(=O)(=O)NC(=O)C=Cc1ccc(OCCOC)cc1Oc1ccc(C(F)(F)F)cc1Cl. The first-order valence-corrected chi connectivity index (χ1v) is 13.0. The van der Waals surface area contributed by atoms with Crippen LogP contribution in [0.2, 0.25) is 5.02 Å². The molecule has 2 rings (SSSR count). The van der Waals surface area contributed by atoms with Gasteiger partial charge in [-0.1, -0.05) is 31.4 Å². The number of halogens is 4. The van der Waals surface area contributed by atoms with E-state index in [2.05, 4.69) is 0 Å². The van der Waals surface area contributed by atoms with E-state index in [0.29, 0.717) is 24.3 Å². The van der Waals surface area contributed by atoms with Crippen molar-refractivity contribution in [2.24, 2.45) is 0 Å². The van der Waals surface area contributed by atoms with Crippen molar-refractivity contribution in [3.63, 3.8) is 0 Å². The normalized spacial score (nSPS) is 12.1. The minimum Gasteiger partial charge on any atom is -0.491 e. The summed E-state index contributed by atoms with van der Waals surface area (Å²) in [5.74, 6) is -0.609. The van der Waals surface area contributed by atoms with Crippen molar-refractivity contribution >= 4 is 33.6 Å². The summed E-state index contributed by atoms with van der Waals surface area (Å²) in [4.78, 5) is 12.2. The van der Waals surface area contributed by atoms with Gasteiger partial charge in [-0.25, -0.2) is 13.1 Å². The number of hydrogen-bond acceptors (Lipinski definition) is 6. The number of amides is 1. The van der Waals surface area contributed by atoms with Gasteiger partial charge in [0.2, 0.25) is 10.0 Å². The van der Waals surface area contributed by atoms with E-state index in [9.17, 15) is 26.4 Å². The van der Waals surface area contributed by atoms with Gasteiger partial charge < -0.3 is 14.2 Å². The molecule has 0 radical (unpaired) electrons. The number of carbonyl (C=O) groups is 1. The fraction of sp³-hybridized carbons (Fsp3) is 0.375. The van der Waals surface area contributed by atoms with Crippen molar-refractivity contribution < 1.29 is 40.6 Å². The number of ether oxygens (including phenoxy) is 3. The third kappa shape index (κ3) is 9.71. The quantitative estimate of drug-likeness (QED) is 0.250. The molecule has 7 nitrogen and oxygen atoms in total. The van der Waals surface area contributed by atoms with E-state index in [0.717, 1.165) is 37.1 Å². The Morgan fingerprint density at radius 3 is 2.47 bits per heavy atom. The standard InChI is InChI=1S/C24H27ClF3NO6S/c1-3-4-5-14-36(31,32)29-23(30)11-7-17-6-9-19(34-13-12-33-2)16-22(17)35-21-10-8-18(15-20(21)25)24(26,27)28/h6-11,15-16H,3-5,12-14H2,1-2H3,(H,29,30). The number of unbranched alkanes of at least 4 members (excludes halogenated alkanes) is 2. The number of methoxy groups -OCH3 is 1. The fourth-order valence-corrected chi connectivity index (χ4v) is 4.18. The largest absolute Gasteiger partial charge is 0.491 e. The molecule has 0 unspecified atom stereocenters. The van der Waals surface area contributed by atoms with Crippen LogP contribution in [-0.4, -0.2) is 40.4 Å². The Kier molecular flexibility index (Phi) is 11.1. The maximum atomic E-state index is 13.0. The lowest BCUT2D eigenvalue weighted by Crippen LogP contribution is -2.31. The summed E-state index contributed by atoms with van der Waals surface area (Å²) in [7, 11) is -2.27. The lowest BCUT2D eigenvalue weighted by Gasteiger charge is -2.14. The molecule has 1 N–H and O–H groups in total. The molecule has 2 aromatic carbocycles. The van der Waals surface area contributed by atoms with Gasteiger partial charge in [-0.2, -0.15) is 13.2 Å². The zero-order valence-corrected chi connectivity index (χ0v) is 21.3. The van der Waals surface area contributed by atoms with Gasteiger partial charge in [0.15, 0.2) is 0 Å². The minimum absolute atomic E-state index is 0.0590. The smallest absolute Gasteiger partial charge is 0.416 e. The van der Waals surface area contributed by atoms with Gasteiger partial charge >= 0.3 is 6.18 Å². The Hall–Kier alpha value is -2.76. The number of alkyl halides is 3. The lowest BCUT2D eigenvalue weighted by molar-refractivity contribution is -0.137. The molecule has 0 spiro atoms. The highest BCUT2D eigenvalue weighted by Crippen LogP contribution is 2.38. The Labute approximate surface area is 213 Å². The molecule has 0 aliphatic carbocycles. The minimum atomic E-state index is -4.57. The third-order valence-electron chi connectivity index (χ3n) is 4.71. The molecule has 0 fully saturated rings. The first-order valence-electron chi connectivity index (χ1n) is 11.0. The molecule has 0 bridgehead atoms. The van der Waals surface area contributed by atoms with Crippen LogP contribution < -0.4 is 14.2 Å². The molecule has 2 aromatic rings. The fourth-order valence-electron chi connectivity index (χ4n) is 2.90. The molecule has 0 saturated heterocycles. The van der Waals surface area contributed by atoms with Gasteiger partial charge in [0.25, 0.3) is 5.91 Å². The number of rotatable bonds is 13. The molecule has 198 valence electrons. The second-order valence-electron chi connectivity index (χ2n) is 7.61. The molecule has 0 saturated carbocycles. The van der Waals surface area contributed by atoms with Gasteiger partial charge in [-0.05, 0) is 42.8 Å². The molecule has 1 amide bonds. The van der Waals surface area contributed by atoms with Gasteiger partial charge in [-0.3, -0.25) is 4.79 Å². The van der Waals surface area contributed by atoms with Gasteiger partial charge in [0.05, 0.1) is 22.9 Å². The van der Waals surface area contributed by atoms with Crippen LogP contribution in [0.3, 0.4) is 0 Å². The second kappa shape index (κ2) is 13.5. The summed E-state index contributed by atoms with van der Waals surface area (Å²) in [5.41, 5.74) is -0.614.